The second kappa shape index (κ2) is 8.08. The second-order valence-electron chi connectivity index (χ2n) is 6.92. The quantitative estimate of drug-likeness (QED) is 0.492. The fraction of sp³-hybridized carbons (Fsp3) is 0.421. The smallest absolute Gasteiger partial charge is 0.0991 e. The first-order chi connectivity index (χ1) is 12.0. The molecule has 0 saturated heterocycles. The molecule has 0 unspecified atom stereocenters. The number of aromatic nitrogens is 3. The Hall–Kier alpha value is -1.76. The van der Waals surface area contributed by atoms with Gasteiger partial charge in [0.25, 0.3) is 0 Å². The van der Waals surface area contributed by atoms with Gasteiger partial charge in [0, 0.05) is 54.9 Å². The Kier molecular flexibility index (Phi) is 5.83. The van der Waals surface area contributed by atoms with Gasteiger partial charge in [0.2, 0.25) is 0 Å². The van der Waals surface area contributed by atoms with Crippen molar-refractivity contribution in [2.24, 2.45) is 5.92 Å². The number of hydrogen-bond donors (Lipinski definition) is 1. The molecule has 1 N–H and O–H groups in total. The largest absolute Gasteiger partial charge is 0.347 e. The molecule has 25 heavy (non-hydrogen) atoms. The van der Waals surface area contributed by atoms with Crippen LogP contribution in [0, 0.1) is 5.92 Å². The highest BCUT2D eigenvalue weighted by Gasteiger charge is 2.11. The predicted octanol–water partition coefficient (Wildman–Crippen LogP) is 3.74. The maximum Gasteiger partial charge on any atom is 0.0991 e. The van der Waals surface area contributed by atoms with Crippen molar-refractivity contribution in [2.45, 2.75) is 26.8 Å². The van der Waals surface area contributed by atoms with Crippen LogP contribution in [-0.4, -0.2) is 39.1 Å². The minimum atomic E-state index is 0.614. The molecule has 2 aromatic heterocycles. The zero-order valence-electron chi connectivity index (χ0n) is 15.4. The summed E-state index contributed by atoms with van der Waals surface area (Å²) in [5.41, 5.74) is 3.86. The number of nitrogens with one attached hydrogen (secondary N) is 1. The molecule has 0 aliphatic heterocycles. The van der Waals surface area contributed by atoms with Gasteiger partial charge in [-0.25, -0.2) is 9.29 Å². The van der Waals surface area contributed by atoms with Crippen molar-refractivity contribution in [2.75, 3.05) is 20.6 Å². The predicted molar refractivity (Wildman–Crippen MR) is 107 cm³/mol. The van der Waals surface area contributed by atoms with E-state index in [0.717, 1.165) is 25.2 Å². The van der Waals surface area contributed by atoms with Crippen molar-refractivity contribution in [3.05, 3.63) is 48.7 Å². The molecule has 0 aliphatic rings. The third-order valence-corrected chi connectivity index (χ3v) is 4.75. The van der Waals surface area contributed by atoms with Gasteiger partial charge in [-0.05, 0) is 44.1 Å². The van der Waals surface area contributed by atoms with E-state index >= 15 is 0 Å². The molecule has 2 heterocycles. The Morgan fingerprint density at radius 2 is 2.12 bits per heavy atom. The molecule has 5 nitrogen and oxygen atoms in total. The minimum absolute atomic E-state index is 0.614. The van der Waals surface area contributed by atoms with E-state index in [1.54, 1.807) is 12.1 Å². The van der Waals surface area contributed by atoms with Crippen LogP contribution in [0.15, 0.2) is 43.1 Å². The molecule has 0 bridgehead atoms. The van der Waals surface area contributed by atoms with E-state index in [1.807, 2.05) is 32.8 Å². The first kappa shape index (κ1) is 18.0. The van der Waals surface area contributed by atoms with Crippen LogP contribution in [0.1, 0.15) is 19.4 Å². The first-order valence-corrected chi connectivity index (χ1v) is 9.49. The average molecular weight is 358 g/mol. The molecule has 0 saturated carbocycles. The van der Waals surface area contributed by atoms with Gasteiger partial charge in [-0.2, -0.15) is 0 Å². The van der Waals surface area contributed by atoms with E-state index in [-0.39, 0.29) is 0 Å². The summed E-state index contributed by atoms with van der Waals surface area (Å²) in [5, 5.41) is 1.35. The van der Waals surface area contributed by atoms with Crippen LogP contribution >= 0.6 is 12.1 Å². The molecule has 0 amide bonds. The van der Waals surface area contributed by atoms with E-state index in [1.165, 1.54) is 16.5 Å². The summed E-state index contributed by atoms with van der Waals surface area (Å²) < 4.78 is 9.93. The lowest BCUT2D eigenvalue weighted by molar-refractivity contribution is 0.534. The number of nitrogens with zero attached hydrogens (tertiary/aromatic N) is 4. The third kappa shape index (κ3) is 4.45. The van der Waals surface area contributed by atoms with Crippen molar-refractivity contribution in [3.63, 3.8) is 0 Å². The average Bonchev–Trinajstić information content (AvgIpc) is 3.19. The summed E-state index contributed by atoms with van der Waals surface area (Å²) in [6.45, 7) is 6.51. The van der Waals surface area contributed by atoms with Crippen LogP contribution in [0.3, 0.4) is 0 Å². The summed E-state index contributed by atoms with van der Waals surface area (Å²) in [6.07, 6.45) is 8.99. The molecule has 6 heteroatoms. The fourth-order valence-electron chi connectivity index (χ4n) is 3.03. The number of hydrogen-bond acceptors (Lipinski definition) is 4. The minimum Gasteiger partial charge on any atom is -0.347 e. The Labute approximate surface area is 154 Å². The highest BCUT2D eigenvalue weighted by molar-refractivity contribution is 7.95. The van der Waals surface area contributed by atoms with Crippen molar-refractivity contribution in [1.82, 2.24) is 23.1 Å². The molecule has 0 atom stereocenters. The van der Waals surface area contributed by atoms with E-state index in [2.05, 4.69) is 61.4 Å². The molecule has 134 valence electrons. The van der Waals surface area contributed by atoms with Crippen LogP contribution in [0.2, 0.25) is 0 Å². The molecule has 3 rings (SSSR count). The van der Waals surface area contributed by atoms with Crippen LogP contribution in [0.5, 0.6) is 0 Å². The maximum atomic E-state index is 4.16. The van der Waals surface area contributed by atoms with E-state index in [4.69, 9.17) is 0 Å². The number of benzene rings is 1. The topological polar surface area (TPSA) is 38.0 Å². The summed E-state index contributed by atoms with van der Waals surface area (Å²) in [5.74, 6) is 0.614. The van der Waals surface area contributed by atoms with E-state index < -0.39 is 0 Å². The Bertz CT molecular complexity index is 805. The van der Waals surface area contributed by atoms with E-state index in [9.17, 15) is 0 Å². The fourth-order valence-corrected chi connectivity index (χ4v) is 3.48. The summed E-state index contributed by atoms with van der Waals surface area (Å²) in [4.78, 5) is 4.16. The Balaban J connectivity index is 1.89. The first-order valence-electron chi connectivity index (χ1n) is 8.72. The lowest BCUT2D eigenvalue weighted by Gasteiger charge is -2.09. The Morgan fingerprint density at radius 3 is 2.80 bits per heavy atom. The van der Waals surface area contributed by atoms with Crippen molar-refractivity contribution >= 4 is 23.0 Å². The third-order valence-electron chi connectivity index (χ3n) is 4.06. The van der Waals surface area contributed by atoms with Gasteiger partial charge in [-0.1, -0.05) is 19.9 Å². The normalized spacial score (nSPS) is 11.9. The van der Waals surface area contributed by atoms with Crippen LogP contribution in [0.25, 0.3) is 16.6 Å². The van der Waals surface area contributed by atoms with Gasteiger partial charge < -0.3 is 9.13 Å². The number of fused-ring (bicyclic) bond motifs is 1. The zero-order valence-corrected chi connectivity index (χ0v) is 16.3. The molecular formula is C19H27N5S. The molecular weight excluding hydrogens is 330 g/mol. The van der Waals surface area contributed by atoms with Gasteiger partial charge in [-0.15, -0.1) is 0 Å². The standard InChI is InChI=1S/C19H27N5S/c1-15(2)12-24-13-16(7-8-21-25-22(3)4)18-6-5-17(11-19(18)24)23-10-9-20-14-23/h5-6,9-11,13-15,21H,7-8,12H2,1-4H3. The molecule has 0 spiro atoms. The second-order valence-corrected chi connectivity index (χ2v) is 8.12. The van der Waals surface area contributed by atoms with Crippen molar-refractivity contribution in [3.8, 4) is 5.69 Å². The van der Waals surface area contributed by atoms with Crippen molar-refractivity contribution in [1.29, 1.82) is 0 Å². The summed E-state index contributed by atoms with van der Waals surface area (Å²) in [6, 6.07) is 6.69. The van der Waals surface area contributed by atoms with Gasteiger partial charge in [0.05, 0.1) is 11.8 Å². The molecule has 3 aromatic rings. The highest BCUT2D eigenvalue weighted by Crippen LogP contribution is 2.26. The van der Waals surface area contributed by atoms with Crippen LogP contribution in [0.4, 0.5) is 0 Å². The van der Waals surface area contributed by atoms with Gasteiger partial charge in [-0.3, -0.25) is 4.72 Å². The lowest BCUT2D eigenvalue weighted by Crippen LogP contribution is -2.15. The van der Waals surface area contributed by atoms with Gasteiger partial charge in [0.1, 0.15) is 0 Å². The van der Waals surface area contributed by atoms with E-state index in [0.29, 0.717) is 5.92 Å². The maximum absolute atomic E-state index is 4.16. The molecule has 1 aromatic carbocycles. The molecule has 0 radical (unpaired) electrons. The summed E-state index contributed by atoms with van der Waals surface area (Å²) in [7, 11) is 4.09. The summed E-state index contributed by atoms with van der Waals surface area (Å²) >= 11 is 1.64. The highest BCUT2D eigenvalue weighted by atomic mass is 32.2. The lowest BCUT2D eigenvalue weighted by atomic mass is 10.1. The van der Waals surface area contributed by atoms with Gasteiger partial charge in [0.15, 0.2) is 0 Å². The SMILES string of the molecule is CC(C)Cn1cc(CCNSN(C)C)c2ccc(-n3ccnc3)cc21. The van der Waals surface area contributed by atoms with Crippen LogP contribution < -0.4 is 4.72 Å². The molecule has 0 fully saturated rings. The molecule has 0 aliphatic carbocycles. The van der Waals surface area contributed by atoms with Crippen molar-refractivity contribution < 1.29 is 0 Å². The Morgan fingerprint density at radius 1 is 1.28 bits per heavy atom. The monoisotopic (exact) mass is 357 g/mol. The number of rotatable bonds is 8. The van der Waals surface area contributed by atoms with Gasteiger partial charge >= 0.3 is 0 Å². The zero-order chi connectivity index (χ0) is 17.8. The number of imidazole rings is 1. The van der Waals surface area contributed by atoms with Crippen LogP contribution in [-0.2, 0) is 13.0 Å².